The van der Waals surface area contributed by atoms with E-state index in [2.05, 4.69) is 9.97 Å². The highest BCUT2D eigenvalue weighted by atomic mass is 16.5. The van der Waals surface area contributed by atoms with Gasteiger partial charge in [-0.2, -0.15) is 0 Å². The molecule has 2 aromatic rings. The third kappa shape index (κ3) is 3.82. The summed E-state index contributed by atoms with van der Waals surface area (Å²) in [7, 11) is 1.61. The molecule has 0 saturated heterocycles. The predicted molar refractivity (Wildman–Crippen MR) is 81.5 cm³/mol. The summed E-state index contributed by atoms with van der Waals surface area (Å²) in [5.74, 6) is 1.22. The van der Waals surface area contributed by atoms with E-state index in [1.54, 1.807) is 19.2 Å². The van der Waals surface area contributed by atoms with E-state index in [9.17, 15) is 4.79 Å². The van der Waals surface area contributed by atoms with Gasteiger partial charge in [0.1, 0.15) is 11.6 Å². The summed E-state index contributed by atoms with van der Waals surface area (Å²) in [6, 6.07) is 6.83. The summed E-state index contributed by atoms with van der Waals surface area (Å²) in [4.78, 5) is 18.8. The Morgan fingerprint density at radius 2 is 2.14 bits per heavy atom. The van der Waals surface area contributed by atoms with Crippen molar-refractivity contribution < 1.29 is 9.47 Å². The first kappa shape index (κ1) is 15.1. The number of aromatic nitrogens is 2. The predicted octanol–water partition coefficient (Wildman–Crippen LogP) is 1.61. The minimum atomic E-state index is -0.196. The number of nitrogens with two attached hydrogens (primary N) is 1. The van der Waals surface area contributed by atoms with Crippen LogP contribution in [-0.2, 0) is 11.2 Å². The van der Waals surface area contributed by atoms with Crippen molar-refractivity contribution in [3.05, 3.63) is 40.4 Å². The fourth-order valence-electron chi connectivity index (χ4n) is 1.97. The normalized spacial score (nSPS) is 10.6. The molecule has 1 heterocycles. The number of H-pyrrole nitrogens is 1. The van der Waals surface area contributed by atoms with Gasteiger partial charge in [0.25, 0.3) is 5.56 Å². The Kier molecular flexibility index (Phi) is 4.94. The number of nitrogens with one attached hydrogen (secondary N) is 1. The van der Waals surface area contributed by atoms with Crippen LogP contribution in [0.1, 0.15) is 12.7 Å². The van der Waals surface area contributed by atoms with E-state index in [0.717, 1.165) is 5.56 Å². The molecular formula is C15H19N3O3. The summed E-state index contributed by atoms with van der Waals surface area (Å²) in [5, 5.41) is 0. The maximum absolute atomic E-state index is 11.7. The van der Waals surface area contributed by atoms with Crippen LogP contribution in [0, 0.1) is 0 Å². The van der Waals surface area contributed by atoms with E-state index in [1.165, 1.54) is 6.07 Å². The molecule has 0 amide bonds. The quantitative estimate of drug-likeness (QED) is 0.788. The number of hydrogen-bond donors (Lipinski definition) is 2. The molecule has 0 bridgehead atoms. The molecule has 0 spiro atoms. The Morgan fingerprint density at radius 3 is 2.81 bits per heavy atom. The zero-order valence-corrected chi connectivity index (χ0v) is 12.2. The van der Waals surface area contributed by atoms with Crippen molar-refractivity contribution in [3.8, 4) is 17.0 Å². The molecule has 0 radical (unpaired) electrons. The second-order valence-corrected chi connectivity index (χ2v) is 4.51. The van der Waals surface area contributed by atoms with Crippen molar-refractivity contribution in [1.29, 1.82) is 0 Å². The number of anilines is 1. The van der Waals surface area contributed by atoms with Gasteiger partial charge in [0, 0.05) is 25.2 Å². The number of methoxy groups -OCH3 is 1. The first-order chi connectivity index (χ1) is 10.1. The molecule has 0 atom stereocenters. The average Bonchev–Trinajstić information content (AvgIpc) is 2.47. The van der Waals surface area contributed by atoms with Gasteiger partial charge < -0.3 is 20.2 Å². The monoisotopic (exact) mass is 289 g/mol. The summed E-state index contributed by atoms with van der Waals surface area (Å²) in [6.07, 6.45) is 0.548. The Bertz CT molecular complexity index is 667. The van der Waals surface area contributed by atoms with Crippen LogP contribution >= 0.6 is 0 Å². The molecule has 0 saturated carbocycles. The second kappa shape index (κ2) is 6.90. The van der Waals surface area contributed by atoms with Gasteiger partial charge in [-0.05, 0) is 25.1 Å². The Hall–Kier alpha value is -2.34. The SMILES string of the molecule is CCOc1ccc(-c2cc(=O)[nH]c(CCOC)n2)cc1N. The van der Waals surface area contributed by atoms with Gasteiger partial charge >= 0.3 is 0 Å². The van der Waals surface area contributed by atoms with Crippen molar-refractivity contribution in [2.24, 2.45) is 0 Å². The number of benzene rings is 1. The molecule has 6 nitrogen and oxygen atoms in total. The van der Waals surface area contributed by atoms with Gasteiger partial charge in [-0.25, -0.2) is 4.98 Å². The van der Waals surface area contributed by atoms with Gasteiger partial charge in [-0.15, -0.1) is 0 Å². The lowest BCUT2D eigenvalue weighted by atomic mass is 10.1. The molecule has 112 valence electrons. The molecule has 0 unspecified atom stereocenters. The molecular weight excluding hydrogens is 270 g/mol. The molecule has 0 aliphatic heterocycles. The summed E-state index contributed by atoms with van der Waals surface area (Å²) in [5.41, 5.74) is 7.63. The van der Waals surface area contributed by atoms with Crippen LogP contribution in [0.2, 0.25) is 0 Å². The molecule has 3 N–H and O–H groups in total. The van der Waals surface area contributed by atoms with E-state index >= 15 is 0 Å². The summed E-state index contributed by atoms with van der Waals surface area (Å²) in [6.45, 7) is 2.94. The molecule has 0 aliphatic carbocycles. The Morgan fingerprint density at radius 1 is 1.33 bits per heavy atom. The van der Waals surface area contributed by atoms with E-state index < -0.39 is 0 Å². The number of rotatable bonds is 6. The first-order valence-corrected chi connectivity index (χ1v) is 6.76. The van der Waals surface area contributed by atoms with Gasteiger partial charge in [0.15, 0.2) is 0 Å². The van der Waals surface area contributed by atoms with E-state index in [4.69, 9.17) is 15.2 Å². The number of aromatic amines is 1. The third-order valence-electron chi connectivity index (χ3n) is 2.94. The van der Waals surface area contributed by atoms with Crippen molar-refractivity contribution in [2.45, 2.75) is 13.3 Å². The zero-order chi connectivity index (χ0) is 15.2. The highest BCUT2D eigenvalue weighted by Gasteiger charge is 2.07. The minimum Gasteiger partial charge on any atom is -0.492 e. The lowest BCUT2D eigenvalue weighted by Crippen LogP contribution is -2.12. The maximum atomic E-state index is 11.7. The van der Waals surface area contributed by atoms with Gasteiger partial charge in [-0.3, -0.25) is 4.79 Å². The summed E-state index contributed by atoms with van der Waals surface area (Å²) >= 11 is 0. The van der Waals surface area contributed by atoms with Crippen LogP contribution in [0.15, 0.2) is 29.1 Å². The summed E-state index contributed by atoms with van der Waals surface area (Å²) < 4.78 is 10.4. The lowest BCUT2D eigenvalue weighted by molar-refractivity contribution is 0.200. The zero-order valence-electron chi connectivity index (χ0n) is 12.2. The van der Waals surface area contributed by atoms with Crippen molar-refractivity contribution in [3.63, 3.8) is 0 Å². The third-order valence-corrected chi connectivity index (χ3v) is 2.94. The minimum absolute atomic E-state index is 0.196. The van der Waals surface area contributed by atoms with Gasteiger partial charge in [0.2, 0.25) is 0 Å². The smallest absolute Gasteiger partial charge is 0.251 e. The van der Waals surface area contributed by atoms with Crippen molar-refractivity contribution in [2.75, 3.05) is 26.1 Å². The number of ether oxygens (including phenoxy) is 2. The van der Waals surface area contributed by atoms with Gasteiger partial charge in [0.05, 0.1) is 24.6 Å². The number of nitrogen functional groups attached to an aromatic ring is 1. The molecule has 0 aliphatic rings. The lowest BCUT2D eigenvalue weighted by Gasteiger charge is -2.09. The topological polar surface area (TPSA) is 90.2 Å². The molecule has 21 heavy (non-hydrogen) atoms. The van der Waals surface area contributed by atoms with Crippen LogP contribution < -0.4 is 16.0 Å². The fourth-order valence-corrected chi connectivity index (χ4v) is 1.97. The van der Waals surface area contributed by atoms with Crippen LogP contribution in [0.25, 0.3) is 11.3 Å². The van der Waals surface area contributed by atoms with E-state index in [-0.39, 0.29) is 5.56 Å². The molecule has 2 rings (SSSR count). The molecule has 1 aromatic heterocycles. The second-order valence-electron chi connectivity index (χ2n) is 4.51. The highest BCUT2D eigenvalue weighted by molar-refractivity contribution is 5.68. The molecule has 0 fully saturated rings. The fraction of sp³-hybridized carbons (Fsp3) is 0.333. The van der Waals surface area contributed by atoms with Crippen molar-refractivity contribution >= 4 is 5.69 Å². The van der Waals surface area contributed by atoms with Crippen LogP contribution in [0.3, 0.4) is 0 Å². The standard InChI is InChI=1S/C15H19N3O3/c1-3-21-13-5-4-10(8-11(13)16)12-9-15(19)18-14(17-12)6-7-20-2/h4-5,8-9H,3,6-7,16H2,1-2H3,(H,17,18,19). The van der Waals surface area contributed by atoms with Crippen LogP contribution in [0.5, 0.6) is 5.75 Å². The molecule has 6 heteroatoms. The van der Waals surface area contributed by atoms with E-state index in [1.807, 2.05) is 13.0 Å². The highest BCUT2D eigenvalue weighted by Crippen LogP contribution is 2.27. The number of nitrogens with zero attached hydrogens (tertiary/aromatic N) is 1. The number of hydrogen-bond acceptors (Lipinski definition) is 5. The van der Waals surface area contributed by atoms with Gasteiger partial charge in [-0.1, -0.05) is 0 Å². The first-order valence-electron chi connectivity index (χ1n) is 6.76. The van der Waals surface area contributed by atoms with E-state index in [0.29, 0.717) is 42.6 Å². The van der Waals surface area contributed by atoms with Crippen LogP contribution in [-0.4, -0.2) is 30.3 Å². The maximum Gasteiger partial charge on any atom is 0.251 e. The average molecular weight is 289 g/mol. The van der Waals surface area contributed by atoms with Crippen LogP contribution in [0.4, 0.5) is 5.69 Å². The van der Waals surface area contributed by atoms with Crippen molar-refractivity contribution in [1.82, 2.24) is 9.97 Å². The Labute approximate surface area is 122 Å². The molecule has 1 aromatic carbocycles. The largest absolute Gasteiger partial charge is 0.492 e. The Balaban J connectivity index is 2.35.